The zero-order valence-electron chi connectivity index (χ0n) is 8.97. The Morgan fingerprint density at radius 2 is 1.88 bits per heavy atom. The van der Waals surface area contributed by atoms with Crippen LogP contribution >= 0.6 is 0 Å². The fourth-order valence-corrected chi connectivity index (χ4v) is 1.39. The molecule has 0 atom stereocenters. The van der Waals surface area contributed by atoms with Crippen molar-refractivity contribution < 1.29 is 4.79 Å². The van der Waals surface area contributed by atoms with Crippen molar-refractivity contribution in [3.05, 3.63) is 54.4 Å². The van der Waals surface area contributed by atoms with Crippen molar-refractivity contribution in [3.63, 3.8) is 0 Å². The van der Waals surface area contributed by atoms with E-state index in [0.29, 0.717) is 0 Å². The topological polar surface area (TPSA) is 42.0 Å². The van der Waals surface area contributed by atoms with Crippen LogP contribution in [-0.2, 0) is 0 Å². The molecule has 3 nitrogen and oxygen atoms in total. The smallest absolute Gasteiger partial charge is 0.159 e. The van der Waals surface area contributed by atoms with Gasteiger partial charge in [0.2, 0.25) is 0 Å². The third-order valence-corrected chi connectivity index (χ3v) is 2.24. The molecule has 0 saturated heterocycles. The van der Waals surface area contributed by atoms with Crippen molar-refractivity contribution in [1.82, 2.24) is 4.98 Å². The zero-order valence-corrected chi connectivity index (χ0v) is 8.97. The monoisotopic (exact) mass is 212 g/mol. The number of nitrogens with zero attached hydrogens (tertiary/aromatic N) is 1. The number of hydrogen-bond donors (Lipinski definition) is 1. The highest BCUT2D eigenvalue weighted by molar-refractivity contribution is 5.94. The number of anilines is 2. The number of ketones is 1. The van der Waals surface area contributed by atoms with Crippen LogP contribution in [0.15, 0.2) is 48.8 Å². The Balaban J connectivity index is 2.14. The largest absolute Gasteiger partial charge is 0.354 e. The molecule has 2 aromatic rings. The molecular weight excluding hydrogens is 200 g/mol. The van der Waals surface area contributed by atoms with E-state index in [1.165, 1.54) is 0 Å². The molecule has 1 aromatic heterocycles. The van der Waals surface area contributed by atoms with Gasteiger partial charge in [0.25, 0.3) is 0 Å². The molecule has 0 fully saturated rings. The molecule has 3 heteroatoms. The van der Waals surface area contributed by atoms with Crippen LogP contribution in [0.3, 0.4) is 0 Å². The summed E-state index contributed by atoms with van der Waals surface area (Å²) in [5.41, 5.74) is 2.59. The number of pyridine rings is 1. The average molecular weight is 212 g/mol. The molecule has 2 rings (SSSR count). The fraction of sp³-hybridized carbons (Fsp3) is 0.0769. The van der Waals surface area contributed by atoms with Gasteiger partial charge in [0.05, 0.1) is 11.9 Å². The van der Waals surface area contributed by atoms with Crippen molar-refractivity contribution >= 4 is 17.2 Å². The molecule has 1 heterocycles. The highest BCUT2D eigenvalue weighted by atomic mass is 16.1. The third-order valence-electron chi connectivity index (χ3n) is 2.24. The van der Waals surface area contributed by atoms with E-state index in [2.05, 4.69) is 10.3 Å². The molecule has 0 aliphatic heterocycles. The molecule has 0 aliphatic carbocycles. The number of nitrogens with one attached hydrogen (secondary N) is 1. The van der Waals surface area contributed by atoms with Crippen LogP contribution in [0, 0.1) is 0 Å². The normalized spacial score (nSPS) is 9.81. The first-order chi connectivity index (χ1) is 7.75. The lowest BCUT2D eigenvalue weighted by Crippen LogP contribution is -1.94. The first-order valence-electron chi connectivity index (χ1n) is 5.04. The molecule has 0 radical (unpaired) electrons. The molecule has 0 aliphatic rings. The Hall–Kier alpha value is -2.16. The molecule has 1 aromatic carbocycles. The van der Waals surface area contributed by atoms with Gasteiger partial charge in [-0.25, -0.2) is 0 Å². The minimum absolute atomic E-state index is 0.0768. The van der Waals surface area contributed by atoms with Gasteiger partial charge in [-0.15, -0.1) is 0 Å². The molecule has 0 unspecified atom stereocenters. The first kappa shape index (κ1) is 10.4. The van der Waals surface area contributed by atoms with E-state index in [4.69, 9.17) is 0 Å². The summed E-state index contributed by atoms with van der Waals surface area (Å²) in [7, 11) is 0. The van der Waals surface area contributed by atoms with Crippen molar-refractivity contribution in [3.8, 4) is 0 Å². The number of Topliss-reactive ketones (excluding diaryl/α,β-unsaturated/α-hetero) is 1. The van der Waals surface area contributed by atoms with Gasteiger partial charge in [-0.3, -0.25) is 9.78 Å². The Labute approximate surface area is 94.1 Å². The zero-order chi connectivity index (χ0) is 11.4. The predicted octanol–water partition coefficient (Wildman–Crippen LogP) is 3.03. The molecule has 0 amide bonds. The van der Waals surface area contributed by atoms with Crippen molar-refractivity contribution in [2.75, 3.05) is 5.32 Å². The lowest BCUT2D eigenvalue weighted by atomic mass is 10.1. The third kappa shape index (κ3) is 2.45. The van der Waals surface area contributed by atoms with Gasteiger partial charge in [0.15, 0.2) is 5.78 Å². The van der Waals surface area contributed by atoms with Crippen molar-refractivity contribution in [2.24, 2.45) is 0 Å². The number of carbonyl (C=O) groups excluding carboxylic acids is 1. The fourth-order valence-electron chi connectivity index (χ4n) is 1.39. The van der Waals surface area contributed by atoms with Crippen molar-refractivity contribution in [1.29, 1.82) is 0 Å². The standard InChI is InChI=1S/C13H12N2O/c1-10(16)11-4-6-12(7-5-11)15-13-3-2-8-14-9-13/h2-9,15H,1H3. The lowest BCUT2D eigenvalue weighted by molar-refractivity contribution is 0.101. The molecule has 80 valence electrons. The van der Waals surface area contributed by atoms with E-state index in [0.717, 1.165) is 16.9 Å². The summed E-state index contributed by atoms with van der Waals surface area (Å²) >= 11 is 0. The van der Waals surface area contributed by atoms with Gasteiger partial charge in [-0.05, 0) is 43.3 Å². The molecule has 0 spiro atoms. The minimum Gasteiger partial charge on any atom is -0.354 e. The summed E-state index contributed by atoms with van der Waals surface area (Å²) < 4.78 is 0. The predicted molar refractivity (Wildman–Crippen MR) is 64.0 cm³/mol. The Morgan fingerprint density at radius 1 is 1.12 bits per heavy atom. The maximum absolute atomic E-state index is 11.1. The van der Waals surface area contributed by atoms with E-state index < -0.39 is 0 Å². The number of rotatable bonds is 3. The Bertz CT molecular complexity index is 477. The summed E-state index contributed by atoms with van der Waals surface area (Å²) in [6, 6.07) is 11.2. The second kappa shape index (κ2) is 4.57. The second-order valence-corrected chi connectivity index (χ2v) is 3.50. The van der Waals surface area contributed by atoms with Crippen LogP contribution in [0.5, 0.6) is 0 Å². The van der Waals surface area contributed by atoms with Gasteiger partial charge < -0.3 is 5.32 Å². The van der Waals surface area contributed by atoms with Gasteiger partial charge in [0.1, 0.15) is 0 Å². The van der Waals surface area contributed by atoms with Crippen LogP contribution in [-0.4, -0.2) is 10.8 Å². The number of aromatic nitrogens is 1. The maximum atomic E-state index is 11.1. The van der Waals surface area contributed by atoms with Crippen LogP contribution < -0.4 is 5.32 Å². The number of carbonyl (C=O) groups is 1. The maximum Gasteiger partial charge on any atom is 0.159 e. The average Bonchev–Trinajstić information content (AvgIpc) is 2.31. The van der Waals surface area contributed by atoms with Crippen molar-refractivity contribution in [2.45, 2.75) is 6.92 Å². The van der Waals surface area contributed by atoms with E-state index in [9.17, 15) is 4.79 Å². The van der Waals surface area contributed by atoms with Crippen LogP contribution in [0.4, 0.5) is 11.4 Å². The number of hydrogen-bond acceptors (Lipinski definition) is 3. The highest BCUT2D eigenvalue weighted by Gasteiger charge is 1.98. The van der Waals surface area contributed by atoms with E-state index in [-0.39, 0.29) is 5.78 Å². The molecule has 0 saturated carbocycles. The molecular formula is C13H12N2O. The highest BCUT2D eigenvalue weighted by Crippen LogP contribution is 2.15. The van der Waals surface area contributed by atoms with E-state index in [1.54, 1.807) is 31.5 Å². The van der Waals surface area contributed by atoms with Crippen LogP contribution in [0.25, 0.3) is 0 Å². The second-order valence-electron chi connectivity index (χ2n) is 3.50. The summed E-state index contributed by atoms with van der Waals surface area (Å²) in [6.07, 6.45) is 3.48. The van der Waals surface area contributed by atoms with Gasteiger partial charge in [-0.2, -0.15) is 0 Å². The van der Waals surface area contributed by atoms with Gasteiger partial charge in [0, 0.05) is 17.4 Å². The van der Waals surface area contributed by atoms with Gasteiger partial charge in [-0.1, -0.05) is 0 Å². The first-order valence-corrected chi connectivity index (χ1v) is 5.04. The lowest BCUT2D eigenvalue weighted by Gasteiger charge is -2.05. The summed E-state index contributed by atoms with van der Waals surface area (Å²) in [4.78, 5) is 15.1. The van der Waals surface area contributed by atoms with Gasteiger partial charge >= 0.3 is 0 Å². The summed E-state index contributed by atoms with van der Waals surface area (Å²) in [5.74, 6) is 0.0768. The molecule has 0 bridgehead atoms. The molecule has 16 heavy (non-hydrogen) atoms. The SMILES string of the molecule is CC(=O)c1ccc(Nc2cccnc2)cc1. The van der Waals surface area contributed by atoms with Crippen LogP contribution in [0.1, 0.15) is 17.3 Å². The van der Waals surface area contributed by atoms with E-state index in [1.807, 2.05) is 24.3 Å². The van der Waals surface area contributed by atoms with E-state index >= 15 is 0 Å². The minimum atomic E-state index is 0.0768. The Kier molecular flexibility index (Phi) is 2.96. The summed E-state index contributed by atoms with van der Waals surface area (Å²) in [5, 5.41) is 3.20. The van der Waals surface area contributed by atoms with Crippen LogP contribution in [0.2, 0.25) is 0 Å². The Morgan fingerprint density at radius 3 is 2.44 bits per heavy atom. The number of benzene rings is 1. The quantitative estimate of drug-likeness (QED) is 0.795. The summed E-state index contributed by atoms with van der Waals surface area (Å²) in [6.45, 7) is 1.56. The molecule has 1 N–H and O–H groups in total.